The van der Waals surface area contributed by atoms with Crippen LogP contribution < -0.4 is 0 Å². The van der Waals surface area contributed by atoms with E-state index in [0.29, 0.717) is 25.3 Å². The number of carboxylic acid groups (broad SMARTS) is 1. The first kappa shape index (κ1) is 11.7. The molecule has 2 aliphatic rings. The highest BCUT2D eigenvalue weighted by atomic mass is 16.4. The van der Waals surface area contributed by atoms with Gasteiger partial charge in [0.15, 0.2) is 5.69 Å². The van der Waals surface area contributed by atoms with Gasteiger partial charge in [-0.1, -0.05) is 12.8 Å². The summed E-state index contributed by atoms with van der Waals surface area (Å²) in [7, 11) is 0. The molecule has 5 nitrogen and oxygen atoms in total. The maximum atomic E-state index is 11.2. The zero-order valence-corrected chi connectivity index (χ0v) is 10.3. The van der Waals surface area contributed by atoms with Crippen molar-refractivity contribution in [2.45, 2.75) is 57.1 Å². The van der Waals surface area contributed by atoms with Gasteiger partial charge in [0.25, 0.3) is 0 Å². The van der Waals surface area contributed by atoms with Crippen LogP contribution in [0, 0.1) is 0 Å². The van der Waals surface area contributed by atoms with Crippen molar-refractivity contribution in [3.05, 3.63) is 17.2 Å². The van der Waals surface area contributed by atoms with Gasteiger partial charge in [-0.25, -0.2) is 9.78 Å². The highest BCUT2D eigenvalue weighted by Gasteiger charge is 2.31. The van der Waals surface area contributed by atoms with E-state index in [4.69, 9.17) is 0 Å². The van der Waals surface area contributed by atoms with Crippen LogP contribution in [0.5, 0.6) is 0 Å². The monoisotopic (exact) mass is 250 g/mol. The minimum absolute atomic E-state index is 0.198. The lowest BCUT2D eigenvalue weighted by Gasteiger charge is -2.23. The number of aliphatic hydroxyl groups excluding tert-OH is 1. The van der Waals surface area contributed by atoms with Gasteiger partial charge in [-0.05, 0) is 25.7 Å². The second kappa shape index (κ2) is 4.39. The molecule has 2 N–H and O–H groups in total. The number of carbonyl (C=O) groups is 1. The van der Waals surface area contributed by atoms with Crippen LogP contribution in [0.1, 0.15) is 60.0 Å². The van der Waals surface area contributed by atoms with Crippen molar-refractivity contribution < 1.29 is 15.0 Å². The molecule has 0 radical (unpaired) electrons. The molecular formula is C13H18N2O3. The summed E-state index contributed by atoms with van der Waals surface area (Å²) in [5, 5.41) is 19.0. The molecule has 2 heterocycles. The number of hydrogen-bond acceptors (Lipinski definition) is 3. The molecule has 5 heteroatoms. The van der Waals surface area contributed by atoms with E-state index >= 15 is 0 Å². The number of fused-ring (bicyclic) bond motifs is 1. The molecule has 1 aromatic rings. The van der Waals surface area contributed by atoms with Crippen molar-refractivity contribution >= 4 is 5.97 Å². The summed E-state index contributed by atoms with van der Waals surface area (Å²) in [6.45, 7) is 0.501. The highest BCUT2D eigenvalue weighted by Crippen LogP contribution is 2.36. The summed E-state index contributed by atoms with van der Waals surface area (Å²) >= 11 is 0. The van der Waals surface area contributed by atoms with Crippen LogP contribution in [0.25, 0.3) is 0 Å². The predicted molar refractivity (Wildman–Crippen MR) is 64.7 cm³/mol. The van der Waals surface area contributed by atoms with Crippen molar-refractivity contribution in [3.63, 3.8) is 0 Å². The standard InChI is InChI=1S/C13H18N2O3/c16-9-5-6-10-11(13(17)18)14-12(15(10)7-9)8-3-1-2-4-8/h8-9,16H,1-7H2,(H,17,18). The number of aromatic nitrogens is 2. The third-order valence-corrected chi connectivity index (χ3v) is 4.13. The van der Waals surface area contributed by atoms with Crippen LogP contribution >= 0.6 is 0 Å². The first-order valence-corrected chi connectivity index (χ1v) is 6.67. The van der Waals surface area contributed by atoms with Crippen LogP contribution in [-0.2, 0) is 13.0 Å². The SMILES string of the molecule is O=C(O)c1nc(C2CCCC2)n2c1CCC(O)C2. The largest absolute Gasteiger partial charge is 0.476 e. The van der Waals surface area contributed by atoms with E-state index in [-0.39, 0.29) is 11.8 Å². The van der Waals surface area contributed by atoms with Crippen LogP contribution in [0.15, 0.2) is 0 Å². The quantitative estimate of drug-likeness (QED) is 0.835. The number of imidazole rings is 1. The average Bonchev–Trinajstić information content (AvgIpc) is 2.93. The summed E-state index contributed by atoms with van der Waals surface area (Å²) in [5.74, 6) is 0.320. The van der Waals surface area contributed by atoms with Crippen LogP contribution in [0.3, 0.4) is 0 Å². The molecule has 1 atom stereocenters. The molecule has 1 aliphatic heterocycles. The summed E-state index contributed by atoms with van der Waals surface area (Å²) in [6.07, 6.45) is 5.44. The summed E-state index contributed by atoms with van der Waals surface area (Å²) < 4.78 is 1.97. The number of carboxylic acids is 1. The highest BCUT2D eigenvalue weighted by molar-refractivity contribution is 5.87. The minimum Gasteiger partial charge on any atom is -0.476 e. The third-order valence-electron chi connectivity index (χ3n) is 4.13. The number of hydrogen-bond donors (Lipinski definition) is 2. The Bertz CT molecular complexity index is 475. The van der Waals surface area contributed by atoms with E-state index in [9.17, 15) is 15.0 Å². The third kappa shape index (κ3) is 1.82. The first-order valence-electron chi connectivity index (χ1n) is 6.67. The van der Waals surface area contributed by atoms with E-state index in [1.807, 2.05) is 4.57 Å². The molecule has 0 saturated heterocycles. The molecule has 3 rings (SSSR count). The van der Waals surface area contributed by atoms with Crippen molar-refractivity contribution in [3.8, 4) is 0 Å². The maximum Gasteiger partial charge on any atom is 0.356 e. The molecule has 98 valence electrons. The lowest BCUT2D eigenvalue weighted by Crippen LogP contribution is -2.26. The normalized spacial score (nSPS) is 24.2. The first-order chi connectivity index (χ1) is 8.66. The van der Waals surface area contributed by atoms with Gasteiger partial charge >= 0.3 is 5.97 Å². The van der Waals surface area contributed by atoms with Crippen LogP contribution in [-0.4, -0.2) is 31.8 Å². The Balaban J connectivity index is 2.05. The Labute approximate surface area is 105 Å². The molecule has 1 aliphatic carbocycles. The van der Waals surface area contributed by atoms with Crippen LogP contribution in [0.4, 0.5) is 0 Å². The van der Waals surface area contributed by atoms with E-state index in [0.717, 1.165) is 24.4 Å². The Morgan fingerprint density at radius 1 is 1.28 bits per heavy atom. The predicted octanol–water partition coefficient (Wildman–Crippen LogP) is 1.55. The summed E-state index contributed by atoms with van der Waals surface area (Å²) in [4.78, 5) is 15.6. The molecule has 1 fully saturated rings. The Morgan fingerprint density at radius 3 is 2.67 bits per heavy atom. The van der Waals surface area contributed by atoms with Gasteiger partial charge in [0.2, 0.25) is 0 Å². The number of aromatic carboxylic acids is 1. The maximum absolute atomic E-state index is 11.2. The van der Waals surface area contributed by atoms with Gasteiger partial charge in [-0.15, -0.1) is 0 Å². The van der Waals surface area contributed by atoms with Gasteiger partial charge in [0, 0.05) is 5.92 Å². The molecule has 0 bridgehead atoms. The van der Waals surface area contributed by atoms with Crippen molar-refractivity contribution in [2.75, 3.05) is 0 Å². The molecule has 0 amide bonds. The van der Waals surface area contributed by atoms with Gasteiger partial charge in [-0.2, -0.15) is 0 Å². The number of aliphatic hydroxyl groups is 1. The van der Waals surface area contributed by atoms with Gasteiger partial charge < -0.3 is 14.8 Å². The Kier molecular flexibility index (Phi) is 2.86. The zero-order chi connectivity index (χ0) is 12.7. The van der Waals surface area contributed by atoms with Gasteiger partial charge in [-0.3, -0.25) is 0 Å². The Morgan fingerprint density at radius 2 is 2.00 bits per heavy atom. The molecule has 1 unspecified atom stereocenters. The van der Waals surface area contributed by atoms with E-state index < -0.39 is 5.97 Å². The second-order valence-electron chi connectivity index (χ2n) is 5.35. The fraction of sp³-hybridized carbons (Fsp3) is 0.692. The second-order valence-corrected chi connectivity index (χ2v) is 5.35. The average molecular weight is 250 g/mol. The lowest BCUT2D eigenvalue weighted by molar-refractivity contribution is 0.0686. The van der Waals surface area contributed by atoms with E-state index in [1.54, 1.807) is 0 Å². The molecule has 0 aromatic carbocycles. The van der Waals surface area contributed by atoms with E-state index in [2.05, 4.69) is 4.98 Å². The van der Waals surface area contributed by atoms with E-state index in [1.165, 1.54) is 12.8 Å². The fourth-order valence-corrected chi connectivity index (χ4v) is 3.23. The van der Waals surface area contributed by atoms with Crippen molar-refractivity contribution in [1.29, 1.82) is 0 Å². The lowest BCUT2D eigenvalue weighted by atomic mass is 10.0. The molecular weight excluding hydrogens is 232 g/mol. The van der Waals surface area contributed by atoms with Gasteiger partial charge in [0.05, 0.1) is 18.3 Å². The Hall–Kier alpha value is -1.36. The summed E-state index contributed by atoms with van der Waals surface area (Å²) in [6, 6.07) is 0. The summed E-state index contributed by atoms with van der Waals surface area (Å²) in [5.41, 5.74) is 0.999. The van der Waals surface area contributed by atoms with Gasteiger partial charge in [0.1, 0.15) is 5.82 Å². The minimum atomic E-state index is -0.945. The molecule has 0 spiro atoms. The fourth-order valence-electron chi connectivity index (χ4n) is 3.23. The number of nitrogens with zero attached hydrogens (tertiary/aromatic N) is 2. The van der Waals surface area contributed by atoms with Crippen molar-refractivity contribution in [1.82, 2.24) is 9.55 Å². The van der Waals surface area contributed by atoms with Crippen molar-refractivity contribution in [2.24, 2.45) is 0 Å². The molecule has 1 aromatic heterocycles. The molecule has 18 heavy (non-hydrogen) atoms. The topological polar surface area (TPSA) is 75.3 Å². The van der Waals surface area contributed by atoms with Crippen LogP contribution in [0.2, 0.25) is 0 Å². The zero-order valence-electron chi connectivity index (χ0n) is 10.3. The smallest absolute Gasteiger partial charge is 0.356 e. The molecule has 1 saturated carbocycles. The number of rotatable bonds is 2.